The predicted molar refractivity (Wildman–Crippen MR) is 68.2 cm³/mol. The van der Waals surface area contributed by atoms with Crippen molar-refractivity contribution in [2.24, 2.45) is 5.73 Å². The maximum atomic E-state index is 12.3. The lowest BCUT2D eigenvalue weighted by atomic mass is 10.5. The van der Waals surface area contributed by atoms with E-state index in [1.54, 1.807) is 11.5 Å². The van der Waals surface area contributed by atoms with Crippen LogP contribution in [-0.4, -0.2) is 52.3 Å². The Morgan fingerprint density at radius 1 is 1.45 bits per heavy atom. The van der Waals surface area contributed by atoms with Crippen molar-refractivity contribution in [1.82, 2.24) is 13.9 Å². The van der Waals surface area contributed by atoms with Gasteiger partial charge >= 0.3 is 5.97 Å². The Balaban J connectivity index is 3.20. The molecular formula is C10H16N4O5S. The molecule has 1 rings (SSSR count). The van der Waals surface area contributed by atoms with Crippen molar-refractivity contribution < 1.29 is 23.1 Å². The van der Waals surface area contributed by atoms with Crippen molar-refractivity contribution in [1.29, 1.82) is 0 Å². The summed E-state index contributed by atoms with van der Waals surface area (Å²) in [7, 11) is -4.18. The molecule has 0 saturated carbocycles. The molecule has 0 bridgehead atoms. The summed E-state index contributed by atoms with van der Waals surface area (Å²) >= 11 is 0. The highest BCUT2D eigenvalue weighted by Gasteiger charge is 2.30. The number of hydrogen-bond acceptors (Lipinski definition) is 5. The Morgan fingerprint density at radius 2 is 2.05 bits per heavy atom. The monoisotopic (exact) mass is 304 g/mol. The molecule has 9 nitrogen and oxygen atoms in total. The quantitative estimate of drug-likeness (QED) is 0.647. The fourth-order valence-electron chi connectivity index (χ4n) is 1.61. The molecule has 0 aliphatic rings. The van der Waals surface area contributed by atoms with E-state index in [0.29, 0.717) is 16.7 Å². The van der Waals surface area contributed by atoms with Gasteiger partial charge in [0.1, 0.15) is 12.4 Å². The summed E-state index contributed by atoms with van der Waals surface area (Å²) in [6, 6.07) is 0. The van der Waals surface area contributed by atoms with Gasteiger partial charge in [-0.1, -0.05) is 0 Å². The van der Waals surface area contributed by atoms with Gasteiger partial charge in [0.05, 0.1) is 6.54 Å². The molecule has 0 fully saturated rings. The van der Waals surface area contributed by atoms with Crippen LogP contribution in [0.3, 0.4) is 0 Å². The van der Waals surface area contributed by atoms with Gasteiger partial charge in [-0.3, -0.25) is 9.59 Å². The van der Waals surface area contributed by atoms with Gasteiger partial charge in [-0.05, 0) is 13.8 Å². The molecule has 20 heavy (non-hydrogen) atoms. The Morgan fingerprint density at radius 3 is 2.45 bits per heavy atom. The van der Waals surface area contributed by atoms with Gasteiger partial charge in [-0.15, -0.1) is 0 Å². The number of nitrogens with zero attached hydrogens (tertiary/aromatic N) is 3. The Labute approximate surface area is 116 Å². The van der Waals surface area contributed by atoms with Gasteiger partial charge in [-0.2, -0.15) is 4.31 Å². The average Bonchev–Trinajstić information content (AvgIpc) is 2.69. The Hall–Kier alpha value is -1.94. The van der Waals surface area contributed by atoms with Gasteiger partial charge in [0, 0.05) is 12.7 Å². The first-order valence-corrected chi connectivity index (χ1v) is 7.16. The van der Waals surface area contributed by atoms with Crippen molar-refractivity contribution in [2.45, 2.75) is 25.4 Å². The van der Waals surface area contributed by atoms with E-state index in [-0.39, 0.29) is 5.03 Å². The molecule has 10 heteroatoms. The first-order valence-electron chi connectivity index (χ1n) is 5.72. The molecule has 0 atom stereocenters. The Kier molecular flexibility index (Phi) is 4.84. The highest BCUT2D eigenvalue weighted by Crippen LogP contribution is 2.15. The van der Waals surface area contributed by atoms with E-state index in [0.717, 1.165) is 0 Å². The number of sulfonamides is 1. The smallest absolute Gasteiger partial charge is 0.318 e. The molecule has 0 saturated heterocycles. The molecule has 0 aliphatic carbocycles. The second kappa shape index (κ2) is 6.01. The number of amides is 1. The predicted octanol–water partition coefficient (Wildman–Crippen LogP) is -1.23. The van der Waals surface area contributed by atoms with Gasteiger partial charge in [0.15, 0.2) is 5.03 Å². The average molecular weight is 304 g/mol. The van der Waals surface area contributed by atoms with E-state index in [4.69, 9.17) is 10.8 Å². The molecule has 0 spiro atoms. The van der Waals surface area contributed by atoms with Crippen LogP contribution in [0.1, 0.15) is 12.7 Å². The van der Waals surface area contributed by atoms with Crippen LogP contribution < -0.4 is 5.73 Å². The van der Waals surface area contributed by atoms with Gasteiger partial charge < -0.3 is 15.4 Å². The normalized spacial score (nSPS) is 11.8. The zero-order chi connectivity index (χ0) is 15.5. The lowest BCUT2D eigenvalue weighted by Crippen LogP contribution is -2.41. The number of aryl methyl sites for hydroxylation is 2. The van der Waals surface area contributed by atoms with Crippen LogP contribution >= 0.6 is 0 Å². The highest BCUT2D eigenvalue weighted by atomic mass is 32.2. The molecule has 0 aliphatic heterocycles. The van der Waals surface area contributed by atoms with Crippen molar-refractivity contribution in [3.63, 3.8) is 0 Å². The van der Waals surface area contributed by atoms with Crippen LogP contribution in [0.5, 0.6) is 0 Å². The van der Waals surface area contributed by atoms with E-state index in [1.165, 1.54) is 6.20 Å². The molecular weight excluding hydrogens is 288 g/mol. The number of carbonyl (C=O) groups excluding carboxylic acids is 1. The largest absolute Gasteiger partial charge is 0.480 e. The summed E-state index contributed by atoms with van der Waals surface area (Å²) in [5.74, 6) is -1.86. The second-order valence-corrected chi connectivity index (χ2v) is 5.93. The number of carboxylic acid groups (broad SMARTS) is 1. The standard InChI is InChI=1S/C10H16N4O5S/c1-3-13-5-9(12-7(13)2)20(18,19)14(4-8(11)15)6-10(16)17/h5H,3-4,6H2,1-2H3,(H2,11,15)(H,16,17). The van der Waals surface area contributed by atoms with Crippen molar-refractivity contribution in [3.05, 3.63) is 12.0 Å². The second-order valence-electron chi connectivity index (χ2n) is 4.05. The van der Waals surface area contributed by atoms with E-state index >= 15 is 0 Å². The molecule has 1 aromatic heterocycles. The van der Waals surface area contributed by atoms with Crippen LogP contribution in [0.4, 0.5) is 0 Å². The van der Waals surface area contributed by atoms with Crippen molar-refractivity contribution in [3.8, 4) is 0 Å². The van der Waals surface area contributed by atoms with E-state index < -0.39 is 35.0 Å². The zero-order valence-corrected chi connectivity index (χ0v) is 11.9. The Bertz CT molecular complexity index is 606. The summed E-state index contributed by atoms with van der Waals surface area (Å²) in [5.41, 5.74) is 4.94. The first-order chi connectivity index (χ1) is 9.18. The summed E-state index contributed by atoms with van der Waals surface area (Å²) in [5, 5.41) is 8.42. The third-order valence-corrected chi connectivity index (χ3v) is 4.21. The summed E-state index contributed by atoms with van der Waals surface area (Å²) < 4.78 is 26.6. The van der Waals surface area contributed by atoms with E-state index in [1.807, 2.05) is 6.92 Å². The lowest BCUT2D eigenvalue weighted by molar-refractivity contribution is -0.137. The third-order valence-electron chi connectivity index (χ3n) is 2.54. The van der Waals surface area contributed by atoms with Crippen LogP contribution in [-0.2, 0) is 26.2 Å². The number of hydrogen-bond donors (Lipinski definition) is 2. The van der Waals surface area contributed by atoms with Gasteiger partial charge in [-0.25, -0.2) is 13.4 Å². The molecule has 1 aromatic rings. The molecule has 0 aromatic carbocycles. The maximum Gasteiger partial charge on any atom is 0.318 e. The minimum atomic E-state index is -4.18. The molecule has 112 valence electrons. The fraction of sp³-hybridized carbons (Fsp3) is 0.500. The highest BCUT2D eigenvalue weighted by molar-refractivity contribution is 7.89. The number of carbonyl (C=O) groups is 2. The van der Waals surface area contributed by atoms with Gasteiger partial charge in [0.2, 0.25) is 5.91 Å². The van der Waals surface area contributed by atoms with Crippen LogP contribution in [0, 0.1) is 6.92 Å². The number of primary amides is 1. The number of nitrogens with two attached hydrogens (primary N) is 1. The van der Waals surface area contributed by atoms with Crippen LogP contribution in [0.15, 0.2) is 11.2 Å². The minimum Gasteiger partial charge on any atom is -0.480 e. The zero-order valence-electron chi connectivity index (χ0n) is 11.1. The summed E-state index contributed by atoms with van der Waals surface area (Å²) in [6.07, 6.45) is 1.29. The molecule has 1 heterocycles. The molecule has 0 unspecified atom stereocenters. The number of carboxylic acids is 1. The van der Waals surface area contributed by atoms with Gasteiger partial charge in [0.25, 0.3) is 10.0 Å². The summed E-state index contributed by atoms with van der Waals surface area (Å²) in [6.45, 7) is 2.38. The number of aliphatic carboxylic acids is 1. The summed E-state index contributed by atoms with van der Waals surface area (Å²) in [4.78, 5) is 25.5. The van der Waals surface area contributed by atoms with Crippen molar-refractivity contribution in [2.75, 3.05) is 13.1 Å². The number of aromatic nitrogens is 2. The van der Waals surface area contributed by atoms with Crippen molar-refractivity contribution >= 4 is 21.9 Å². The van der Waals surface area contributed by atoms with Crippen LogP contribution in [0.2, 0.25) is 0 Å². The fourth-order valence-corrected chi connectivity index (χ4v) is 2.96. The number of rotatable bonds is 7. The van der Waals surface area contributed by atoms with E-state index in [2.05, 4.69) is 4.98 Å². The van der Waals surface area contributed by atoms with E-state index in [9.17, 15) is 18.0 Å². The molecule has 1 amide bonds. The third kappa shape index (κ3) is 3.54. The van der Waals surface area contributed by atoms with Crippen LogP contribution in [0.25, 0.3) is 0 Å². The molecule has 3 N–H and O–H groups in total. The topological polar surface area (TPSA) is 136 Å². The maximum absolute atomic E-state index is 12.3. The first kappa shape index (κ1) is 16.1. The minimum absolute atomic E-state index is 0.306. The molecule has 0 radical (unpaired) electrons. The lowest BCUT2D eigenvalue weighted by Gasteiger charge is -2.16. The number of imidazole rings is 1. The SMILES string of the molecule is CCn1cc(S(=O)(=O)N(CC(N)=O)CC(=O)O)nc1C.